The summed E-state index contributed by atoms with van der Waals surface area (Å²) in [5.41, 5.74) is 0. The van der Waals surface area contributed by atoms with E-state index < -0.39 is 10.2 Å². The summed E-state index contributed by atoms with van der Waals surface area (Å²) in [7, 11) is -3.41. The Balaban J connectivity index is 2.60. The highest BCUT2D eigenvalue weighted by Crippen LogP contribution is 2.12. The Kier molecular flexibility index (Phi) is 5.68. The van der Waals surface area contributed by atoms with Gasteiger partial charge in [0, 0.05) is 19.1 Å². The molecule has 0 aromatic carbocycles. The minimum atomic E-state index is -3.41. The van der Waals surface area contributed by atoms with Crippen molar-refractivity contribution in [1.82, 2.24) is 9.03 Å². The molecule has 1 fully saturated rings. The highest BCUT2D eigenvalue weighted by Gasteiger charge is 2.24. The molecule has 2 N–H and O–H groups in total. The molecule has 1 aliphatic heterocycles. The van der Waals surface area contributed by atoms with Crippen molar-refractivity contribution >= 4 is 10.2 Å². The zero-order chi connectivity index (χ0) is 12.0. The van der Waals surface area contributed by atoms with E-state index in [0.29, 0.717) is 19.5 Å². The van der Waals surface area contributed by atoms with E-state index in [1.165, 1.54) is 4.31 Å². The normalized spacial score (nSPS) is 21.6. The minimum absolute atomic E-state index is 0.149. The second-order valence-electron chi connectivity index (χ2n) is 4.22. The fourth-order valence-corrected chi connectivity index (χ4v) is 3.37. The molecule has 0 spiro atoms. The van der Waals surface area contributed by atoms with Gasteiger partial charge in [-0.15, -0.1) is 0 Å². The van der Waals surface area contributed by atoms with E-state index in [1.54, 1.807) is 0 Å². The van der Waals surface area contributed by atoms with Gasteiger partial charge in [0.15, 0.2) is 0 Å². The van der Waals surface area contributed by atoms with E-state index in [-0.39, 0.29) is 12.6 Å². The fourth-order valence-electron chi connectivity index (χ4n) is 1.82. The lowest BCUT2D eigenvalue weighted by molar-refractivity contribution is 0.251. The van der Waals surface area contributed by atoms with Crippen LogP contribution in [0, 0.1) is 0 Å². The molecule has 1 saturated heterocycles. The standard InChI is InChI=1S/C10H22N2O3S/c1-2-10(9-13)11-16(14,15)12-7-5-3-4-6-8-12/h10-11,13H,2-9H2,1H3. The van der Waals surface area contributed by atoms with E-state index in [2.05, 4.69) is 4.72 Å². The second-order valence-corrected chi connectivity index (χ2v) is 5.93. The molecule has 1 atom stereocenters. The van der Waals surface area contributed by atoms with Crippen LogP contribution in [0.2, 0.25) is 0 Å². The molecule has 0 saturated carbocycles. The fraction of sp³-hybridized carbons (Fsp3) is 1.00. The van der Waals surface area contributed by atoms with Gasteiger partial charge in [0.2, 0.25) is 0 Å². The largest absolute Gasteiger partial charge is 0.395 e. The van der Waals surface area contributed by atoms with E-state index in [9.17, 15) is 8.42 Å². The first-order valence-electron chi connectivity index (χ1n) is 5.98. The predicted octanol–water partition coefficient (Wildman–Crippen LogP) is 0.468. The average molecular weight is 250 g/mol. The van der Waals surface area contributed by atoms with Crippen LogP contribution in [0.15, 0.2) is 0 Å². The number of nitrogens with zero attached hydrogens (tertiary/aromatic N) is 1. The van der Waals surface area contributed by atoms with Gasteiger partial charge < -0.3 is 5.11 Å². The van der Waals surface area contributed by atoms with Gasteiger partial charge in [0.05, 0.1) is 6.61 Å². The quantitative estimate of drug-likeness (QED) is 0.745. The number of rotatable bonds is 5. The third kappa shape index (κ3) is 4.01. The van der Waals surface area contributed by atoms with Crippen LogP contribution in [0.5, 0.6) is 0 Å². The van der Waals surface area contributed by atoms with Gasteiger partial charge in [-0.25, -0.2) is 0 Å². The van der Waals surface area contributed by atoms with Gasteiger partial charge in [-0.3, -0.25) is 0 Å². The maximum Gasteiger partial charge on any atom is 0.279 e. The summed E-state index contributed by atoms with van der Waals surface area (Å²) in [5.74, 6) is 0. The van der Waals surface area contributed by atoms with Gasteiger partial charge in [-0.2, -0.15) is 17.4 Å². The van der Waals surface area contributed by atoms with Gasteiger partial charge in [-0.05, 0) is 19.3 Å². The number of aliphatic hydroxyl groups excluding tert-OH is 1. The van der Waals surface area contributed by atoms with Crippen LogP contribution in [-0.2, 0) is 10.2 Å². The van der Waals surface area contributed by atoms with Crippen molar-refractivity contribution in [2.75, 3.05) is 19.7 Å². The second kappa shape index (κ2) is 6.54. The molecule has 1 heterocycles. The lowest BCUT2D eigenvalue weighted by Gasteiger charge is -2.23. The topological polar surface area (TPSA) is 69.6 Å². The molecule has 0 bridgehead atoms. The Hall–Kier alpha value is -0.170. The summed E-state index contributed by atoms with van der Waals surface area (Å²) in [5, 5.41) is 9.00. The molecule has 0 amide bonds. The van der Waals surface area contributed by atoms with E-state index in [1.807, 2.05) is 6.92 Å². The van der Waals surface area contributed by atoms with Crippen molar-refractivity contribution in [3.8, 4) is 0 Å². The van der Waals surface area contributed by atoms with E-state index in [4.69, 9.17) is 5.11 Å². The first-order chi connectivity index (χ1) is 7.60. The van der Waals surface area contributed by atoms with Crippen LogP contribution in [-0.4, -0.2) is 43.6 Å². The van der Waals surface area contributed by atoms with Crippen LogP contribution in [0.4, 0.5) is 0 Å². The number of aliphatic hydroxyl groups is 1. The highest BCUT2D eigenvalue weighted by molar-refractivity contribution is 7.87. The van der Waals surface area contributed by atoms with Gasteiger partial charge >= 0.3 is 0 Å². The third-order valence-electron chi connectivity index (χ3n) is 2.93. The SMILES string of the molecule is CCC(CO)NS(=O)(=O)N1CCCCCC1. The highest BCUT2D eigenvalue weighted by atomic mass is 32.2. The Morgan fingerprint density at radius 2 is 1.81 bits per heavy atom. The molecular weight excluding hydrogens is 228 g/mol. The zero-order valence-electron chi connectivity index (χ0n) is 9.85. The van der Waals surface area contributed by atoms with E-state index >= 15 is 0 Å². The number of nitrogens with one attached hydrogen (secondary N) is 1. The van der Waals surface area contributed by atoms with Crippen LogP contribution < -0.4 is 4.72 Å². The summed E-state index contributed by atoms with van der Waals surface area (Å²) in [4.78, 5) is 0. The molecule has 16 heavy (non-hydrogen) atoms. The lowest BCUT2D eigenvalue weighted by atomic mass is 10.2. The zero-order valence-corrected chi connectivity index (χ0v) is 10.7. The maximum atomic E-state index is 12.0. The molecule has 0 radical (unpaired) electrons. The molecule has 0 aromatic heterocycles. The average Bonchev–Trinajstić information content (AvgIpc) is 2.54. The van der Waals surface area contributed by atoms with Crippen molar-refractivity contribution in [3.63, 3.8) is 0 Å². The molecule has 6 heteroatoms. The molecule has 1 unspecified atom stereocenters. The summed E-state index contributed by atoms with van der Waals surface area (Å²) in [6.07, 6.45) is 4.66. The van der Waals surface area contributed by atoms with Crippen LogP contribution in [0.3, 0.4) is 0 Å². The first kappa shape index (κ1) is 13.9. The van der Waals surface area contributed by atoms with Crippen LogP contribution >= 0.6 is 0 Å². The summed E-state index contributed by atoms with van der Waals surface area (Å²) in [6.45, 7) is 2.89. The summed E-state index contributed by atoms with van der Waals surface area (Å²) in [6, 6.07) is -0.367. The van der Waals surface area contributed by atoms with E-state index in [0.717, 1.165) is 25.7 Å². The molecule has 0 aliphatic carbocycles. The van der Waals surface area contributed by atoms with Crippen LogP contribution in [0.1, 0.15) is 39.0 Å². The van der Waals surface area contributed by atoms with Crippen molar-refractivity contribution < 1.29 is 13.5 Å². The summed E-state index contributed by atoms with van der Waals surface area (Å²) < 4.78 is 28.0. The Morgan fingerprint density at radius 1 is 1.25 bits per heavy atom. The molecule has 1 rings (SSSR count). The predicted molar refractivity (Wildman–Crippen MR) is 63.3 cm³/mol. The smallest absolute Gasteiger partial charge is 0.279 e. The Bertz CT molecular complexity index is 280. The monoisotopic (exact) mass is 250 g/mol. The minimum Gasteiger partial charge on any atom is -0.395 e. The van der Waals surface area contributed by atoms with Crippen molar-refractivity contribution in [1.29, 1.82) is 0 Å². The molecule has 96 valence electrons. The van der Waals surface area contributed by atoms with Crippen LogP contribution in [0.25, 0.3) is 0 Å². The molecule has 5 nitrogen and oxygen atoms in total. The summed E-state index contributed by atoms with van der Waals surface area (Å²) >= 11 is 0. The first-order valence-corrected chi connectivity index (χ1v) is 7.42. The molecule has 1 aliphatic rings. The number of hydrogen-bond acceptors (Lipinski definition) is 3. The van der Waals surface area contributed by atoms with Gasteiger partial charge in [0.25, 0.3) is 10.2 Å². The Labute approximate surface area is 98.0 Å². The Morgan fingerprint density at radius 3 is 2.25 bits per heavy atom. The van der Waals surface area contributed by atoms with Gasteiger partial charge in [0.1, 0.15) is 0 Å². The maximum absolute atomic E-state index is 12.0. The lowest BCUT2D eigenvalue weighted by Crippen LogP contribution is -2.46. The third-order valence-corrected chi connectivity index (χ3v) is 4.61. The van der Waals surface area contributed by atoms with Gasteiger partial charge in [-0.1, -0.05) is 19.8 Å². The van der Waals surface area contributed by atoms with Crippen molar-refractivity contribution in [2.45, 2.75) is 45.1 Å². The number of hydrogen-bond donors (Lipinski definition) is 2. The van der Waals surface area contributed by atoms with Crippen molar-refractivity contribution in [2.24, 2.45) is 0 Å². The molecular formula is C10H22N2O3S. The van der Waals surface area contributed by atoms with Crippen molar-refractivity contribution in [3.05, 3.63) is 0 Å². The molecule has 0 aromatic rings.